The molecule has 110 valence electrons. The van der Waals surface area contributed by atoms with Crippen LogP contribution < -0.4 is 16.4 Å². The van der Waals surface area contributed by atoms with E-state index in [0.717, 1.165) is 0 Å². The second-order valence-corrected chi connectivity index (χ2v) is 4.54. The third kappa shape index (κ3) is 6.73. The fourth-order valence-electron chi connectivity index (χ4n) is 1.41. The van der Waals surface area contributed by atoms with Gasteiger partial charge in [0.1, 0.15) is 12.1 Å². The first kappa shape index (κ1) is 17.3. The Morgan fingerprint density at radius 3 is 2.11 bits per heavy atom. The van der Waals surface area contributed by atoms with Crippen LogP contribution in [0.4, 0.5) is 0 Å². The highest BCUT2D eigenvalue weighted by Gasteiger charge is 2.26. The van der Waals surface area contributed by atoms with Crippen LogP contribution in [0, 0.1) is 5.92 Å². The molecule has 0 fully saturated rings. The van der Waals surface area contributed by atoms with Gasteiger partial charge in [0.25, 0.3) is 0 Å². The third-order valence-electron chi connectivity index (χ3n) is 2.34. The number of hydrogen-bond acceptors (Lipinski definition) is 5. The summed E-state index contributed by atoms with van der Waals surface area (Å²) in [4.78, 5) is 33.8. The van der Waals surface area contributed by atoms with Gasteiger partial charge in [-0.2, -0.15) is 0 Å². The summed E-state index contributed by atoms with van der Waals surface area (Å²) in [6.07, 6.45) is 0.343. The Balaban J connectivity index is 4.69. The molecule has 8 heteroatoms. The van der Waals surface area contributed by atoms with E-state index in [0.29, 0.717) is 6.42 Å². The number of amides is 2. The highest BCUT2D eigenvalue weighted by Crippen LogP contribution is 2.05. The number of carboxylic acid groups (broad SMARTS) is 1. The average Bonchev–Trinajstić information content (AvgIpc) is 2.33. The van der Waals surface area contributed by atoms with E-state index < -0.39 is 36.5 Å². The molecule has 0 unspecified atom stereocenters. The first-order valence-electron chi connectivity index (χ1n) is 5.95. The molecule has 6 N–H and O–H groups in total. The van der Waals surface area contributed by atoms with Gasteiger partial charge in [0.05, 0.1) is 13.2 Å². The lowest BCUT2D eigenvalue weighted by molar-refractivity contribution is -0.143. The van der Waals surface area contributed by atoms with E-state index in [-0.39, 0.29) is 12.5 Å². The number of nitrogens with two attached hydrogens (primary N) is 1. The van der Waals surface area contributed by atoms with Crippen LogP contribution in [0.5, 0.6) is 0 Å². The second kappa shape index (κ2) is 8.44. The minimum absolute atomic E-state index is 0.117. The maximum Gasteiger partial charge on any atom is 0.328 e. The van der Waals surface area contributed by atoms with Crippen molar-refractivity contribution in [3.8, 4) is 0 Å². The van der Waals surface area contributed by atoms with Crippen molar-refractivity contribution in [3.05, 3.63) is 0 Å². The predicted octanol–water partition coefficient (Wildman–Crippen LogP) is -1.96. The Labute approximate surface area is 111 Å². The Morgan fingerprint density at radius 2 is 1.74 bits per heavy atom. The highest BCUT2D eigenvalue weighted by molar-refractivity contribution is 5.90. The zero-order chi connectivity index (χ0) is 15.0. The summed E-state index contributed by atoms with van der Waals surface area (Å²) in [6, 6.07) is -2.26. The average molecular weight is 275 g/mol. The van der Waals surface area contributed by atoms with Crippen molar-refractivity contribution >= 4 is 17.8 Å². The summed E-state index contributed by atoms with van der Waals surface area (Å²) in [5, 5.41) is 22.1. The second-order valence-electron chi connectivity index (χ2n) is 4.54. The van der Waals surface area contributed by atoms with Gasteiger partial charge in [-0.25, -0.2) is 4.79 Å². The minimum Gasteiger partial charge on any atom is -0.480 e. The van der Waals surface area contributed by atoms with Crippen molar-refractivity contribution in [2.45, 2.75) is 32.4 Å². The summed E-state index contributed by atoms with van der Waals surface area (Å²) in [7, 11) is 0. The molecule has 0 aliphatic heterocycles. The molecule has 0 aromatic heterocycles. The molecule has 8 nitrogen and oxygen atoms in total. The van der Waals surface area contributed by atoms with Gasteiger partial charge in [-0.15, -0.1) is 0 Å². The molecule has 0 spiro atoms. The molecule has 0 aliphatic carbocycles. The highest BCUT2D eigenvalue weighted by atomic mass is 16.4. The number of aliphatic hydroxyl groups is 1. The number of nitrogens with one attached hydrogen (secondary N) is 2. The molecule has 0 bridgehead atoms. The molecule has 2 atom stereocenters. The SMILES string of the molecule is CC(C)C[C@H](NC(=O)CN)C(=O)N[C@@H](CO)C(=O)O. The van der Waals surface area contributed by atoms with Crippen LogP contribution in [0.2, 0.25) is 0 Å². The first-order chi connectivity index (χ1) is 8.81. The normalized spacial score (nSPS) is 13.7. The number of carbonyl (C=O) groups is 3. The number of carbonyl (C=O) groups excluding carboxylic acids is 2. The molecule has 0 heterocycles. The summed E-state index contributed by atoms with van der Waals surface area (Å²) in [6.45, 7) is 2.73. The summed E-state index contributed by atoms with van der Waals surface area (Å²) in [5.41, 5.74) is 5.15. The van der Waals surface area contributed by atoms with Crippen molar-refractivity contribution in [1.29, 1.82) is 0 Å². The topological polar surface area (TPSA) is 142 Å². The molecule has 0 aromatic carbocycles. The van der Waals surface area contributed by atoms with Crippen molar-refractivity contribution < 1.29 is 24.6 Å². The Hall–Kier alpha value is -1.67. The molecule has 0 aromatic rings. The number of rotatable bonds is 8. The molecule has 2 amide bonds. The number of carboxylic acids is 1. The lowest BCUT2D eigenvalue weighted by atomic mass is 10.0. The van der Waals surface area contributed by atoms with E-state index in [1.54, 1.807) is 0 Å². The maximum atomic E-state index is 11.9. The monoisotopic (exact) mass is 275 g/mol. The standard InChI is InChI=1S/C11H21N3O5/c1-6(2)3-7(13-9(16)4-12)10(17)14-8(5-15)11(18)19/h6-8,15H,3-5,12H2,1-2H3,(H,13,16)(H,14,17)(H,18,19)/t7-,8-/m0/s1. The van der Waals surface area contributed by atoms with E-state index in [1.165, 1.54) is 0 Å². The fourth-order valence-corrected chi connectivity index (χ4v) is 1.41. The lowest BCUT2D eigenvalue weighted by Gasteiger charge is -2.21. The third-order valence-corrected chi connectivity index (χ3v) is 2.34. The van der Waals surface area contributed by atoms with Crippen LogP contribution in [0.1, 0.15) is 20.3 Å². The Kier molecular flexibility index (Phi) is 7.69. The van der Waals surface area contributed by atoms with Crippen LogP contribution in [0.3, 0.4) is 0 Å². The van der Waals surface area contributed by atoms with E-state index in [1.807, 2.05) is 13.8 Å². The van der Waals surface area contributed by atoms with Gasteiger partial charge in [0.15, 0.2) is 0 Å². The predicted molar refractivity (Wildman–Crippen MR) is 67.1 cm³/mol. The summed E-state index contributed by atoms with van der Waals surface area (Å²) >= 11 is 0. The van der Waals surface area contributed by atoms with Gasteiger partial charge < -0.3 is 26.6 Å². The Morgan fingerprint density at radius 1 is 1.16 bits per heavy atom. The number of hydrogen-bond donors (Lipinski definition) is 5. The zero-order valence-electron chi connectivity index (χ0n) is 11.0. The van der Waals surface area contributed by atoms with Gasteiger partial charge in [0, 0.05) is 0 Å². The van der Waals surface area contributed by atoms with E-state index in [4.69, 9.17) is 15.9 Å². The molecular formula is C11H21N3O5. The van der Waals surface area contributed by atoms with Crippen molar-refractivity contribution in [1.82, 2.24) is 10.6 Å². The van der Waals surface area contributed by atoms with Gasteiger partial charge in [-0.3, -0.25) is 9.59 Å². The van der Waals surface area contributed by atoms with E-state index >= 15 is 0 Å². The van der Waals surface area contributed by atoms with Crippen molar-refractivity contribution in [2.24, 2.45) is 11.7 Å². The number of aliphatic hydroxyl groups excluding tert-OH is 1. The first-order valence-corrected chi connectivity index (χ1v) is 5.95. The summed E-state index contributed by atoms with van der Waals surface area (Å²) in [5.74, 6) is -2.39. The maximum absolute atomic E-state index is 11.9. The van der Waals surface area contributed by atoms with Crippen LogP contribution in [-0.2, 0) is 14.4 Å². The van der Waals surface area contributed by atoms with Crippen molar-refractivity contribution in [3.63, 3.8) is 0 Å². The van der Waals surface area contributed by atoms with Crippen LogP contribution >= 0.6 is 0 Å². The molecule has 0 rings (SSSR count). The zero-order valence-corrected chi connectivity index (χ0v) is 11.0. The quantitative estimate of drug-likeness (QED) is 0.348. The lowest BCUT2D eigenvalue weighted by Crippen LogP contribution is -2.53. The minimum atomic E-state index is -1.39. The van der Waals surface area contributed by atoms with Crippen LogP contribution in [0.15, 0.2) is 0 Å². The smallest absolute Gasteiger partial charge is 0.328 e. The van der Waals surface area contributed by atoms with Crippen LogP contribution in [-0.4, -0.2) is 53.2 Å². The number of aliphatic carboxylic acids is 1. The Bertz CT molecular complexity index is 332. The molecule has 0 radical (unpaired) electrons. The van der Waals surface area contributed by atoms with E-state index in [9.17, 15) is 14.4 Å². The van der Waals surface area contributed by atoms with Gasteiger partial charge in [-0.05, 0) is 12.3 Å². The fraction of sp³-hybridized carbons (Fsp3) is 0.727. The molecule has 19 heavy (non-hydrogen) atoms. The molecule has 0 aliphatic rings. The molecule has 0 saturated carbocycles. The van der Waals surface area contributed by atoms with Crippen molar-refractivity contribution in [2.75, 3.05) is 13.2 Å². The van der Waals surface area contributed by atoms with Gasteiger partial charge in [0.2, 0.25) is 11.8 Å². The molecule has 0 saturated heterocycles. The van der Waals surface area contributed by atoms with E-state index in [2.05, 4.69) is 10.6 Å². The van der Waals surface area contributed by atoms with Crippen LogP contribution in [0.25, 0.3) is 0 Å². The largest absolute Gasteiger partial charge is 0.480 e. The molecular weight excluding hydrogens is 254 g/mol. The van der Waals surface area contributed by atoms with Gasteiger partial charge >= 0.3 is 5.97 Å². The summed E-state index contributed by atoms with van der Waals surface area (Å²) < 4.78 is 0. The van der Waals surface area contributed by atoms with Gasteiger partial charge in [-0.1, -0.05) is 13.8 Å².